The molecule has 1 aliphatic rings. The summed E-state index contributed by atoms with van der Waals surface area (Å²) >= 11 is 0. The lowest BCUT2D eigenvalue weighted by atomic mass is 10.1. The van der Waals surface area contributed by atoms with E-state index in [1.54, 1.807) is 31.3 Å². The summed E-state index contributed by atoms with van der Waals surface area (Å²) in [5, 5.41) is 0.796. The zero-order valence-electron chi connectivity index (χ0n) is 9.75. The monoisotopic (exact) mass is 238 g/mol. The minimum atomic E-state index is -0.297. The van der Waals surface area contributed by atoms with E-state index >= 15 is 0 Å². The molecule has 0 saturated carbocycles. The van der Waals surface area contributed by atoms with E-state index in [9.17, 15) is 9.59 Å². The molecule has 0 radical (unpaired) electrons. The molecule has 3 rings (SSSR count). The standard InChI is InChI=1S/C14H10N2O2/c1-9-8-13(17)16(14(9)18)12-6-2-5-11-10(12)4-3-7-15-11/h2-8H,1H3. The summed E-state index contributed by atoms with van der Waals surface area (Å²) in [6.45, 7) is 1.64. The highest BCUT2D eigenvalue weighted by Crippen LogP contribution is 2.29. The van der Waals surface area contributed by atoms with Crippen LogP contribution in [0.25, 0.3) is 10.9 Å². The van der Waals surface area contributed by atoms with Crippen molar-refractivity contribution in [3.8, 4) is 0 Å². The second kappa shape index (κ2) is 3.77. The second-order valence-electron chi connectivity index (χ2n) is 4.15. The van der Waals surface area contributed by atoms with E-state index in [1.165, 1.54) is 11.0 Å². The van der Waals surface area contributed by atoms with Crippen molar-refractivity contribution in [3.63, 3.8) is 0 Å². The third kappa shape index (κ3) is 1.43. The van der Waals surface area contributed by atoms with Gasteiger partial charge in [-0.2, -0.15) is 0 Å². The number of pyridine rings is 1. The van der Waals surface area contributed by atoms with Crippen molar-refractivity contribution in [1.29, 1.82) is 0 Å². The van der Waals surface area contributed by atoms with Crippen LogP contribution in [0.2, 0.25) is 0 Å². The number of anilines is 1. The number of amides is 2. The normalized spacial score (nSPS) is 15.4. The summed E-state index contributed by atoms with van der Waals surface area (Å²) in [6, 6.07) is 9.04. The molecular weight excluding hydrogens is 228 g/mol. The van der Waals surface area contributed by atoms with Gasteiger partial charge in [-0.15, -0.1) is 0 Å². The van der Waals surface area contributed by atoms with E-state index < -0.39 is 0 Å². The Bertz CT molecular complexity index is 699. The molecule has 4 nitrogen and oxygen atoms in total. The highest BCUT2D eigenvalue weighted by molar-refractivity contribution is 6.32. The molecule has 0 unspecified atom stereocenters. The molecule has 1 aromatic heterocycles. The van der Waals surface area contributed by atoms with Gasteiger partial charge in [0.05, 0.1) is 11.2 Å². The molecule has 1 aromatic carbocycles. The summed E-state index contributed by atoms with van der Waals surface area (Å²) in [4.78, 5) is 29.2. The van der Waals surface area contributed by atoms with Gasteiger partial charge in [0, 0.05) is 23.2 Å². The van der Waals surface area contributed by atoms with Gasteiger partial charge in [0.25, 0.3) is 11.8 Å². The number of benzene rings is 1. The van der Waals surface area contributed by atoms with Gasteiger partial charge in [-0.1, -0.05) is 6.07 Å². The number of carbonyl (C=O) groups is 2. The maximum absolute atomic E-state index is 12.0. The molecule has 1 aliphatic heterocycles. The average Bonchev–Trinajstić information content (AvgIpc) is 2.63. The first-order valence-electron chi connectivity index (χ1n) is 5.59. The molecule has 0 fully saturated rings. The lowest BCUT2D eigenvalue weighted by Crippen LogP contribution is -2.30. The summed E-state index contributed by atoms with van der Waals surface area (Å²) in [7, 11) is 0. The molecule has 0 spiro atoms. The minimum Gasteiger partial charge on any atom is -0.269 e. The Morgan fingerprint density at radius 1 is 1.11 bits per heavy atom. The number of nitrogens with zero attached hydrogens (tertiary/aromatic N) is 2. The van der Waals surface area contributed by atoms with Crippen molar-refractivity contribution in [1.82, 2.24) is 4.98 Å². The van der Waals surface area contributed by atoms with Gasteiger partial charge in [0.1, 0.15) is 0 Å². The van der Waals surface area contributed by atoms with Crippen molar-refractivity contribution < 1.29 is 9.59 Å². The predicted octanol–water partition coefficient (Wildman–Crippen LogP) is 2.05. The van der Waals surface area contributed by atoms with Crippen LogP contribution >= 0.6 is 0 Å². The van der Waals surface area contributed by atoms with Crippen LogP contribution in [0.3, 0.4) is 0 Å². The van der Waals surface area contributed by atoms with Crippen LogP contribution in [-0.4, -0.2) is 16.8 Å². The fraction of sp³-hybridized carbons (Fsp3) is 0.0714. The van der Waals surface area contributed by atoms with Crippen LogP contribution in [0.5, 0.6) is 0 Å². The third-order valence-electron chi connectivity index (χ3n) is 2.96. The van der Waals surface area contributed by atoms with Gasteiger partial charge in [0.15, 0.2) is 0 Å². The molecule has 2 heterocycles. The van der Waals surface area contributed by atoms with Gasteiger partial charge >= 0.3 is 0 Å². The van der Waals surface area contributed by atoms with E-state index in [-0.39, 0.29) is 11.8 Å². The number of aromatic nitrogens is 1. The fourth-order valence-electron chi connectivity index (χ4n) is 2.10. The van der Waals surface area contributed by atoms with E-state index in [0.717, 1.165) is 10.9 Å². The predicted molar refractivity (Wildman–Crippen MR) is 68.0 cm³/mol. The molecule has 4 heteroatoms. The van der Waals surface area contributed by atoms with E-state index in [2.05, 4.69) is 4.98 Å². The number of rotatable bonds is 1. The van der Waals surface area contributed by atoms with E-state index in [1.807, 2.05) is 12.1 Å². The smallest absolute Gasteiger partial charge is 0.261 e. The molecule has 2 amide bonds. The van der Waals surface area contributed by atoms with Gasteiger partial charge in [0.2, 0.25) is 0 Å². The Morgan fingerprint density at radius 2 is 1.94 bits per heavy atom. The van der Waals surface area contributed by atoms with Crippen molar-refractivity contribution in [2.45, 2.75) is 6.92 Å². The van der Waals surface area contributed by atoms with Crippen LogP contribution in [0.1, 0.15) is 6.92 Å². The van der Waals surface area contributed by atoms with Gasteiger partial charge in [-0.3, -0.25) is 14.6 Å². The van der Waals surface area contributed by atoms with E-state index in [0.29, 0.717) is 11.3 Å². The molecule has 0 bridgehead atoms. The topological polar surface area (TPSA) is 50.3 Å². The van der Waals surface area contributed by atoms with Gasteiger partial charge in [-0.05, 0) is 31.2 Å². The summed E-state index contributed by atoms with van der Waals surface area (Å²) in [6.07, 6.45) is 3.04. The Kier molecular flexibility index (Phi) is 2.23. The molecule has 2 aromatic rings. The fourth-order valence-corrected chi connectivity index (χ4v) is 2.10. The highest BCUT2D eigenvalue weighted by Gasteiger charge is 2.30. The maximum atomic E-state index is 12.0. The summed E-state index contributed by atoms with van der Waals surface area (Å²) in [5.41, 5.74) is 1.81. The second-order valence-corrected chi connectivity index (χ2v) is 4.15. The first-order chi connectivity index (χ1) is 8.68. The summed E-state index contributed by atoms with van der Waals surface area (Å²) in [5.74, 6) is -0.565. The molecular formula is C14H10N2O2. The van der Waals surface area contributed by atoms with Crippen molar-refractivity contribution in [2.24, 2.45) is 0 Å². The van der Waals surface area contributed by atoms with Crippen molar-refractivity contribution >= 4 is 28.4 Å². The Morgan fingerprint density at radius 3 is 2.67 bits per heavy atom. The van der Waals surface area contributed by atoms with Gasteiger partial charge < -0.3 is 0 Å². The van der Waals surface area contributed by atoms with Crippen molar-refractivity contribution in [3.05, 3.63) is 48.2 Å². The largest absolute Gasteiger partial charge is 0.269 e. The van der Waals surface area contributed by atoms with Crippen LogP contribution in [0.15, 0.2) is 48.2 Å². The Hall–Kier alpha value is -2.49. The molecule has 0 aliphatic carbocycles. The first-order valence-corrected chi connectivity index (χ1v) is 5.59. The number of imide groups is 1. The number of fused-ring (bicyclic) bond motifs is 1. The van der Waals surface area contributed by atoms with E-state index in [4.69, 9.17) is 0 Å². The highest BCUT2D eigenvalue weighted by atomic mass is 16.2. The van der Waals surface area contributed by atoms with Crippen LogP contribution in [-0.2, 0) is 9.59 Å². The van der Waals surface area contributed by atoms with Crippen LogP contribution in [0, 0.1) is 0 Å². The quantitative estimate of drug-likeness (QED) is 0.714. The molecule has 0 N–H and O–H groups in total. The SMILES string of the molecule is CC1=CC(=O)N(c2cccc3ncccc23)C1=O. The molecule has 18 heavy (non-hydrogen) atoms. The number of carbonyl (C=O) groups excluding carboxylic acids is 2. The zero-order chi connectivity index (χ0) is 12.7. The van der Waals surface area contributed by atoms with Crippen LogP contribution < -0.4 is 4.90 Å². The van der Waals surface area contributed by atoms with Crippen molar-refractivity contribution in [2.75, 3.05) is 4.90 Å². The average molecular weight is 238 g/mol. The minimum absolute atomic E-state index is 0.267. The van der Waals surface area contributed by atoms with Gasteiger partial charge in [-0.25, -0.2) is 4.90 Å². The Labute approximate surface area is 104 Å². The molecule has 88 valence electrons. The number of hydrogen-bond acceptors (Lipinski definition) is 3. The third-order valence-corrected chi connectivity index (χ3v) is 2.96. The van der Waals surface area contributed by atoms with Crippen LogP contribution in [0.4, 0.5) is 5.69 Å². The lowest BCUT2D eigenvalue weighted by Gasteiger charge is -2.16. The lowest BCUT2D eigenvalue weighted by molar-refractivity contribution is -0.120. The maximum Gasteiger partial charge on any atom is 0.261 e. The number of hydrogen-bond donors (Lipinski definition) is 0. The first kappa shape index (κ1) is 10.7. The summed E-state index contributed by atoms with van der Waals surface area (Å²) < 4.78 is 0. The zero-order valence-corrected chi connectivity index (χ0v) is 9.75. The molecule has 0 saturated heterocycles. The molecule has 0 atom stereocenters. The Balaban J connectivity index is 2.22.